The van der Waals surface area contributed by atoms with Gasteiger partial charge >= 0.3 is 0 Å². The molecule has 0 amide bonds. The number of thiophene rings is 1. The fourth-order valence-corrected chi connectivity index (χ4v) is 3.07. The summed E-state index contributed by atoms with van der Waals surface area (Å²) in [5, 5.41) is 3.10. The average Bonchev–Trinajstić information content (AvgIpc) is 2.82. The first kappa shape index (κ1) is 11.6. The van der Waals surface area contributed by atoms with E-state index in [0.29, 0.717) is 6.54 Å². The number of nitrogens with two attached hydrogens (primary N) is 1. The highest BCUT2D eigenvalue weighted by molar-refractivity contribution is 7.99. The van der Waals surface area contributed by atoms with Crippen LogP contribution in [0.15, 0.2) is 35.1 Å². The second kappa shape index (κ2) is 5.43. The second-order valence-corrected chi connectivity index (χ2v) is 5.55. The monoisotopic (exact) mass is 251 g/mol. The van der Waals surface area contributed by atoms with Crippen molar-refractivity contribution in [3.63, 3.8) is 0 Å². The molecule has 2 rings (SSSR count). The van der Waals surface area contributed by atoms with Crippen molar-refractivity contribution in [1.82, 2.24) is 9.97 Å². The summed E-state index contributed by atoms with van der Waals surface area (Å²) in [7, 11) is 0. The first-order valence-corrected chi connectivity index (χ1v) is 6.74. The quantitative estimate of drug-likeness (QED) is 0.670. The maximum Gasteiger partial charge on any atom is 0.188 e. The maximum absolute atomic E-state index is 5.77. The van der Waals surface area contributed by atoms with Gasteiger partial charge in [0.25, 0.3) is 0 Å². The van der Waals surface area contributed by atoms with Crippen molar-refractivity contribution in [3.05, 3.63) is 40.3 Å². The molecule has 2 aromatic rings. The Hall–Kier alpha value is -0.910. The Labute approximate surface area is 103 Å². The van der Waals surface area contributed by atoms with Gasteiger partial charge in [-0.05, 0) is 23.9 Å². The predicted octanol–water partition coefficient (Wildman–Crippen LogP) is 2.64. The Morgan fingerprint density at radius 1 is 1.44 bits per heavy atom. The van der Waals surface area contributed by atoms with Gasteiger partial charge in [0.2, 0.25) is 0 Å². The van der Waals surface area contributed by atoms with Crippen LogP contribution in [-0.2, 0) is 0 Å². The average molecular weight is 251 g/mol. The largest absolute Gasteiger partial charge is 0.329 e. The highest BCUT2D eigenvalue weighted by atomic mass is 32.2. The third-order valence-corrected chi connectivity index (χ3v) is 4.37. The number of aromatic nitrogens is 2. The van der Waals surface area contributed by atoms with E-state index in [1.54, 1.807) is 23.1 Å². The topological polar surface area (TPSA) is 51.8 Å². The molecule has 3 nitrogen and oxygen atoms in total. The Balaban J connectivity index is 2.10. The van der Waals surface area contributed by atoms with Crippen LogP contribution in [-0.4, -0.2) is 16.5 Å². The molecule has 0 spiro atoms. The minimum Gasteiger partial charge on any atom is -0.329 e. The molecule has 1 atom stereocenters. The lowest BCUT2D eigenvalue weighted by molar-refractivity contribution is 0.913. The van der Waals surface area contributed by atoms with Gasteiger partial charge in [-0.25, -0.2) is 9.97 Å². The van der Waals surface area contributed by atoms with E-state index in [2.05, 4.69) is 21.4 Å². The van der Waals surface area contributed by atoms with Crippen LogP contribution in [0.2, 0.25) is 0 Å². The summed E-state index contributed by atoms with van der Waals surface area (Å²) in [6.45, 7) is 2.58. The highest BCUT2D eigenvalue weighted by Crippen LogP contribution is 2.34. The van der Waals surface area contributed by atoms with Crippen LogP contribution in [0.25, 0.3) is 0 Å². The molecule has 2 aromatic heterocycles. The molecule has 2 heterocycles. The van der Waals surface area contributed by atoms with Crippen molar-refractivity contribution in [1.29, 1.82) is 0 Å². The van der Waals surface area contributed by atoms with Gasteiger partial charge in [-0.2, -0.15) is 0 Å². The van der Waals surface area contributed by atoms with E-state index in [1.807, 2.05) is 25.4 Å². The number of rotatable bonds is 4. The van der Waals surface area contributed by atoms with E-state index >= 15 is 0 Å². The van der Waals surface area contributed by atoms with E-state index in [0.717, 1.165) is 10.7 Å². The number of thioether (sulfide) groups is 1. The Morgan fingerprint density at radius 2 is 2.19 bits per heavy atom. The van der Waals surface area contributed by atoms with Crippen LogP contribution in [0, 0.1) is 6.92 Å². The molecule has 0 bridgehead atoms. The van der Waals surface area contributed by atoms with Gasteiger partial charge in [0, 0.05) is 23.8 Å². The van der Waals surface area contributed by atoms with Gasteiger partial charge in [0.05, 0.1) is 5.25 Å². The molecule has 5 heteroatoms. The lowest BCUT2D eigenvalue weighted by Crippen LogP contribution is -2.08. The van der Waals surface area contributed by atoms with Crippen molar-refractivity contribution in [2.75, 3.05) is 6.54 Å². The number of aryl methyl sites for hydroxylation is 1. The van der Waals surface area contributed by atoms with E-state index in [4.69, 9.17) is 5.73 Å². The van der Waals surface area contributed by atoms with Crippen LogP contribution >= 0.6 is 23.1 Å². The molecule has 0 aliphatic carbocycles. The third-order valence-electron chi connectivity index (χ3n) is 2.08. The molecule has 0 saturated heterocycles. The van der Waals surface area contributed by atoms with Crippen molar-refractivity contribution < 1.29 is 0 Å². The van der Waals surface area contributed by atoms with Crippen molar-refractivity contribution in [2.45, 2.75) is 17.3 Å². The SMILES string of the molecule is Cc1cnc(SC(CN)c2cccs2)nc1. The Bertz CT molecular complexity index is 425. The van der Waals surface area contributed by atoms with E-state index < -0.39 is 0 Å². The fraction of sp³-hybridized carbons (Fsp3) is 0.273. The van der Waals surface area contributed by atoms with Gasteiger partial charge in [0.1, 0.15) is 0 Å². The van der Waals surface area contributed by atoms with Crippen LogP contribution in [0.5, 0.6) is 0 Å². The number of hydrogen-bond acceptors (Lipinski definition) is 5. The van der Waals surface area contributed by atoms with Crippen molar-refractivity contribution in [2.24, 2.45) is 5.73 Å². The number of hydrogen-bond donors (Lipinski definition) is 1. The van der Waals surface area contributed by atoms with E-state index in [9.17, 15) is 0 Å². The van der Waals surface area contributed by atoms with Gasteiger partial charge in [-0.3, -0.25) is 0 Å². The maximum atomic E-state index is 5.77. The molecule has 0 aliphatic heterocycles. The standard InChI is InChI=1S/C11H13N3S2/c1-8-6-13-11(14-7-8)16-10(5-12)9-3-2-4-15-9/h2-4,6-7,10H,5,12H2,1H3. The molecular weight excluding hydrogens is 238 g/mol. The molecule has 0 aromatic carbocycles. The Kier molecular flexibility index (Phi) is 3.93. The molecule has 2 N–H and O–H groups in total. The summed E-state index contributed by atoms with van der Waals surface area (Å²) in [6, 6.07) is 4.14. The third kappa shape index (κ3) is 2.81. The summed E-state index contributed by atoms with van der Waals surface area (Å²) in [4.78, 5) is 9.83. The van der Waals surface area contributed by atoms with Crippen LogP contribution in [0.3, 0.4) is 0 Å². The molecule has 1 unspecified atom stereocenters. The summed E-state index contributed by atoms with van der Waals surface area (Å²) in [6.07, 6.45) is 3.66. The van der Waals surface area contributed by atoms with Gasteiger partial charge in [-0.1, -0.05) is 17.8 Å². The van der Waals surface area contributed by atoms with E-state index in [1.165, 1.54) is 4.88 Å². The van der Waals surface area contributed by atoms with Gasteiger partial charge < -0.3 is 5.73 Å². The van der Waals surface area contributed by atoms with Crippen LogP contribution in [0.4, 0.5) is 0 Å². The lowest BCUT2D eigenvalue weighted by atomic mass is 10.3. The van der Waals surface area contributed by atoms with Crippen LogP contribution in [0.1, 0.15) is 15.7 Å². The van der Waals surface area contributed by atoms with E-state index in [-0.39, 0.29) is 5.25 Å². The minimum atomic E-state index is 0.253. The molecule has 0 aliphatic rings. The molecule has 16 heavy (non-hydrogen) atoms. The summed E-state index contributed by atoms with van der Waals surface area (Å²) in [5.74, 6) is 0. The van der Waals surface area contributed by atoms with Gasteiger partial charge in [0.15, 0.2) is 5.16 Å². The molecule has 0 fully saturated rings. The Morgan fingerprint density at radius 3 is 2.75 bits per heavy atom. The highest BCUT2D eigenvalue weighted by Gasteiger charge is 2.13. The summed E-state index contributed by atoms with van der Waals surface area (Å²) < 4.78 is 0. The zero-order valence-electron chi connectivity index (χ0n) is 8.96. The zero-order chi connectivity index (χ0) is 11.4. The minimum absolute atomic E-state index is 0.253. The first-order chi connectivity index (χ1) is 7.79. The van der Waals surface area contributed by atoms with Gasteiger partial charge in [-0.15, -0.1) is 11.3 Å². The molecule has 84 valence electrons. The molecular formula is C11H13N3S2. The fourth-order valence-electron chi connectivity index (χ4n) is 1.27. The zero-order valence-corrected chi connectivity index (χ0v) is 10.6. The van der Waals surface area contributed by atoms with Crippen LogP contribution < -0.4 is 5.73 Å². The normalized spacial score (nSPS) is 12.6. The smallest absolute Gasteiger partial charge is 0.188 e. The number of nitrogens with zero attached hydrogens (tertiary/aromatic N) is 2. The van der Waals surface area contributed by atoms with Crippen molar-refractivity contribution in [3.8, 4) is 0 Å². The molecule has 0 saturated carbocycles. The van der Waals surface area contributed by atoms with Crippen molar-refractivity contribution >= 4 is 23.1 Å². The first-order valence-electron chi connectivity index (χ1n) is 4.98. The summed E-state index contributed by atoms with van der Waals surface area (Å²) >= 11 is 3.34. The molecule has 0 radical (unpaired) electrons. The predicted molar refractivity (Wildman–Crippen MR) is 68.7 cm³/mol. The summed E-state index contributed by atoms with van der Waals surface area (Å²) in [5.41, 5.74) is 6.85. The second-order valence-electron chi connectivity index (χ2n) is 3.40. The lowest BCUT2D eigenvalue weighted by Gasteiger charge is -2.10.